The number of rotatable bonds is 3. The molecule has 2 fully saturated rings. The van der Waals surface area contributed by atoms with Crippen molar-refractivity contribution in [1.82, 2.24) is 5.32 Å². The van der Waals surface area contributed by atoms with E-state index in [1.807, 2.05) is 0 Å². The van der Waals surface area contributed by atoms with Crippen molar-refractivity contribution in [2.45, 2.75) is 51.5 Å². The molecular formula is C13H22ClNO. The maximum absolute atomic E-state index is 12.0. The molecule has 0 spiro atoms. The average Bonchev–Trinajstić information content (AvgIpc) is 2.95. The number of carbonyl (C=O) groups excluding carboxylic acids is 1. The molecule has 0 aromatic rings. The molecule has 0 aliphatic heterocycles. The van der Waals surface area contributed by atoms with Crippen LogP contribution in [0.3, 0.4) is 0 Å². The van der Waals surface area contributed by atoms with Crippen LogP contribution in [0.2, 0.25) is 0 Å². The Morgan fingerprint density at radius 2 is 2.19 bits per heavy atom. The fraction of sp³-hybridized carbons (Fsp3) is 0.923. The van der Waals surface area contributed by atoms with Crippen LogP contribution in [0.1, 0.15) is 46.0 Å². The van der Waals surface area contributed by atoms with Gasteiger partial charge in [0.25, 0.3) is 0 Å². The Kier molecular flexibility index (Phi) is 3.48. The van der Waals surface area contributed by atoms with E-state index in [2.05, 4.69) is 19.2 Å². The monoisotopic (exact) mass is 243 g/mol. The lowest BCUT2D eigenvalue weighted by molar-refractivity contribution is -0.124. The van der Waals surface area contributed by atoms with Crippen LogP contribution in [-0.4, -0.2) is 17.3 Å². The van der Waals surface area contributed by atoms with Crippen molar-refractivity contribution in [3.63, 3.8) is 0 Å². The largest absolute Gasteiger partial charge is 0.349 e. The molecule has 4 atom stereocenters. The highest BCUT2D eigenvalue weighted by atomic mass is 35.5. The Balaban J connectivity index is 1.95. The van der Waals surface area contributed by atoms with E-state index in [0.717, 1.165) is 19.3 Å². The van der Waals surface area contributed by atoms with Gasteiger partial charge in [-0.15, -0.1) is 11.6 Å². The Morgan fingerprint density at radius 1 is 1.50 bits per heavy atom. The topological polar surface area (TPSA) is 29.1 Å². The van der Waals surface area contributed by atoms with Crippen LogP contribution >= 0.6 is 11.6 Å². The van der Waals surface area contributed by atoms with E-state index in [9.17, 15) is 4.79 Å². The minimum absolute atomic E-state index is 0.112. The van der Waals surface area contributed by atoms with E-state index in [1.54, 1.807) is 0 Å². The lowest BCUT2D eigenvalue weighted by Gasteiger charge is -2.39. The zero-order chi connectivity index (χ0) is 11.8. The normalized spacial score (nSPS) is 42.8. The summed E-state index contributed by atoms with van der Waals surface area (Å²) < 4.78 is 0. The molecule has 3 heteroatoms. The number of carbonyl (C=O) groups is 1. The minimum atomic E-state index is -0.112. The summed E-state index contributed by atoms with van der Waals surface area (Å²) in [6.07, 6.45) is 5.61. The maximum atomic E-state index is 12.0. The first-order valence-corrected chi connectivity index (χ1v) is 6.98. The van der Waals surface area contributed by atoms with Gasteiger partial charge in [0, 0.05) is 11.8 Å². The van der Waals surface area contributed by atoms with E-state index in [4.69, 9.17) is 11.6 Å². The highest BCUT2D eigenvalue weighted by Crippen LogP contribution is 2.40. The van der Waals surface area contributed by atoms with Gasteiger partial charge in [-0.25, -0.2) is 0 Å². The van der Waals surface area contributed by atoms with Gasteiger partial charge in [0.1, 0.15) is 0 Å². The van der Waals surface area contributed by atoms with Gasteiger partial charge in [0.15, 0.2) is 0 Å². The SMILES string of the molecule is CC1CCCC(CCl)(NC(=O)C2CC2C)C1. The lowest BCUT2D eigenvalue weighted by Crippen LogP contribution is -2.53. The summed E-state index contributed by atoms with van der Waals surface area (Å²) in [5, 5.41) is 3.23. The molecule has 2 nitrogen and oxygen atoms in total. The van der Waals surface area contributed by atoms with Crippen LogP contribution in [0.5, 0.6) is 0 Å². The third-order valence-electron chi connectivity index (χ3n) is 4.18. The Hall–Kier alpha value is -0.240. The van der Waals surface area contributed by atoms with Crippen LogP contribution in [0.4, 0.5) is 0 Å². The molecule has 0 radical (unpaired) electrons. The second-order valence-corrected chi connectivity index (χ2v) is 6.19. The van der Waals surface area contributed by atoms with E-state index in [1.165, 1.54) is 12.8 Å². The van der Waals surface area contributed by atoms with E-state index >= 15 is 0 Å². The van der Waals surface area contributed by atoms with Crippen LogP contribution in [-0.2, 0) is 4.79 Å². The number of hydrogen-bond acceptors (Lipinski definition) is 1. The molecule has 2 aliphatic carbocycles. The molecule has 16 heavy (non-hydrogen) atoms. The zero-order valence-electron chi connectivity index (χ0n) is 10.3. The van der Waals surface area contributed by atoms with Crippen molar-refractivity contribution in [3.8, 4) is 0 Å². The molecule has 0 bridgehead atoms. The first kappa shape index (κ1) is 12.2. The van der Waals surface area contributed by atoms with Crippen molar-refractivity contribution in [2.24, 2.45) is 17.8 Å². The lowest BCUT2D eigenvalue weighted by atomic mass is 9.77. The minimum Gasteiger partial charge on any atom is -0.349 e. The predicted molar refractivity (Wildman–Crippen MR) is 66.5 cm³/mol. The molecule has 2 rings (SSSR count). The summed E-state index contributed by atoms with van der Waals surface area (Å²) in [7, 11) is 0. The van der Waals surface area contributed by atoms with Crippen LogP contribution < -0.4 is 5.32 Å². The van der Waals surface area contributed by atoms with Crippen molar-refractivity contribution < 1.29 is 4.79 Å². The number of amides is 1. The third-order valence-corrected chi connectivity index (χ3v) is 4.69. The summed E-state index contributed by atoms with van der Waals surface area (Å²) >= 11 is 6.09. The molecule has 0 aromatic carbocycles. The van der Waals surface area contributed by atoms with Crippen LogP contribution in [0.25, 0.3) is 0 Å². The first-order valence-electron chi connectivity index (χ1n) is 6.44. The van der Waals surface area contributed by atoms with Gasteiger partial charge in [-0.05, 0) is 31.1 Å². The second-order valence-electron chi connectivity index (χ2n) is 5.92. The Morgan fingerprint density at radius 3 is 2.69 bits per heavy atom. The van der Waals surface area contributed by atoms with Gasteiger partial charge < -0.3 is 5.32 Å². The van der Waals surface area contributed by atoms with E-state index in [0.29, 0.717) is 17.7 Å². The molecule has 2 aliphatic rings. The number of nitrogens with one attached hydrogen (secondary N) is 1. The average molecular weight is 244 g/mol. The van der Waals surface area contributed by atoms with Gasteiger partial charge in [-0.3, -0.25) is 4.79 Å². The van der Waals surface area contributed by atoms with Crippen molar-refractivity contribution >= 4 is 17.5 Å². The Bertz CT molecular complexity index is 281. The first-order chi connectivity index (χ1) is 7.56. The van der Waals surface area contributed by atoms with E-state index < -0.39 is 0 Å². The zero-order valence-corrected chi connectivity index (χ0v) is 11.0. The second kappa shape index (κ2) is 4.56. The molecule has 1 amide bonds. The van der Waals surface area contributed by atoms with Gasteiger partial charge >= 0.3 is 0 Å². The molecular weight excluding hydrogens is 222 g/mol. The maximum Gasteiger partial charge on any atom is 0.223 e. The van der Waals surface area contributed by atoms with E-state index in [-0.39, 0.29) is 17.4 Å². The van der Waals surface area contributed by atoms with Crippen LogP contribution in [0.15, 0.2) is 0 Å². The number of hydrogen-bond donors (Lipinski definition) is 1. The molecule has 0 aromatic heterocycles. The third kappa shape index (κ3) is 2.53. The number of halogens is 1. The van der Waals surface area contributed by atoms with Gasteiger partial charge in [0.05, 0.1) is 5.54 Å². The van der Waals surface area contributed by atoms with Crippen molar-refractivity contribution in [1.29, 1.82) is 0 Å². The smallest absolute Gasteiger partial charge is 0.223 e. The van der Waals surface area contributed by atoms with Crippen molar-refractivity contribution in [3.05, 3.63) is 0 Å². The van der Waals surface area contributed by atoms with Gasteiger partial charge in [-0.2, -0.15) is 0 Å². The fourth-order valence-electron chi connectivity index (χ4n) is 2.97. The highest BCUT2D eigenvalue weighted by Gasteiger charge is 2.43. The summed E-state index contributed by atoms with van der Waals surface area (Å²) in [6.45, 7) is 4.40. The molecule has 1 N–H and O–H groups in total. The fourth-order valence-corrected chi connectivity index (χ4v) is 3.28. The summed E-state index contributed by atoms with van der Waals surface area (Å²) in [6, 6.07) is 0. The summed E-state index contributed by atoms with van der Waals surface area (Å²) in [5.74, 6) is 2.32. The number of alkyl halides is 1. The standard InChI is InChI=1S/C13H22ClNO/c1-9-4-3-5-13(7-9,8-14)15-12(16)11-6-10(11)2/h9-11H,3-8H2,1-2H3,(H,15,16). The molecule has 0 saturated heterocycles. The summed E-state index contributed by atoms with van der Waals surface area (Å²) in [4.78, 5) is 12.0. The molecule has 2 saturated carbocycles. The van der Waals surface area contributed by atoms with Crippen LogP contribution in [0, 0.1) is 17.8 Å². The van der Waals surface area contributed by atoms with Crippen molar-refractivity contribution in [2.75, 3.05) is 5.88 Å². The molecule has 92 valence electrons. The highest BCUT2D eigenvalue weighted by molar-refractivity contribution is 6.18. The molecule has 0 heterocycles. The van der Waals surface area contributed by atoms with Gasteiger partial charge in [0.2, 0.25) is 5.91 Å². The van der Waals surface area contributed by atoms with Gasteiger partial charge in [-0.1, -0.05) is 26.7 Å². The molecule has 4 unspecified atom stereocenters. The summed E-state index contributed by atoms with van der Waals surface area (Å²) in [5.41, 5.74) is -0.112. The quantitative estimate of drug-likeness (QED) is 0.759. The Labute approximate surface area is 103 Å². The predicted octanol–water partition coefficient (Wildman–Crippen LogP) is 2.95.